The summed E-state index contributed by atoms with van der Waals surface area (Å²) in [6.45, 7) is 2.68. The summed E-state index contributed by atoms with van der Waals surface area (Å²) in [5, 5.41) is 22.9. The van der Waals surface area contributed by atoms with Gasteiger partial charge in [-0.1, -0.05) is 50.4 Å². The summed E-state index contributed by atoms with van der Waals surface area (Å²) in [6, 6.07) is 5.18. The SMILES string of the molecule is NC(=NCCC[C@H](N)C(=O)N1CCN(C(=O)CCCCCCCCCCCNC(=O)OCc2ccc([N+](=O)[O-])cc2)CC1)N[N+](=O)[O-]. The molecule has 3 amide bonds. The number of guanidine groups is 1. The number of nitrogens with zero attached hydrogens (tertiary/aromatic N) is 5. The van der Waals surface area contributed by atoms with E-state index < -0.39 is 22.1 Å². The number of nitrogens with two attached hydrogens (primary N) is 2. The largest absolute Gasteiger partial charge is 0.445 e. The van der Waals surface area contributed by atoms with Crippen LogP contribution in [0.4, 0.5) is 10.5 Å². The van der Waals surface area contributed by atoms with Gasteiger partial charge >= 0.3 is 6.09 Å². The summed E-state index contributed by atoms with van der Waals surface area (Å²) >= 11 is 0. The van der Waals surface area contributed by atoms with E-state index >= 15 is 0 Å². The molecule has 6 N–H and O–H groups in total. The van der Waals surface area contributed by atoms with Gasteiger partial charge in [-0.15, -0.1) is 0 Å². The van der Waals surface area contributed by atoms with Crippen LogP contribution in [0.3, 0.4) is 0 Å². The predicted molar refractivity (Wildman–Crippen MR) is 174 cm³/mol. The number of hydrogen-bond acceptors (Lipinski definition) is 10. The van der Waals surface area contributed by atoms with Crippen molar-refractivity contribution in [3.05, 3.63) is 50.1 Å². The minimum Gasteiger partial charge on any atom is -0.445 e. The predicted octanol–water partition coefficient (Wildman–Crippen LogP) is 2.60. The number of hydrogen-bond donors (Lipinski definition) is 4. The second kappa shape index (κ2) is 22.1. The molecule has 0 radical (unpaired) electrons. The molecule has 0 spiro atoms. The lowest BCUT2D eigenvalue weighted by Crippen LogP contribution is -2.54. The van der Waals surface area contributed by atoms with E-state index in [-0.39, 0.29) is 36.6 Å². The van der Waals surface area contributed by atoms with E-state index in [1.807, 2.05) is 4.90 Å². The Morgan fingerprint density at radius 3 is 2.04 bits per heavy atom. The Hall–Kier alpha value is -4.54. The molecule has 0 aromatic heterocycles. The summed E-state index contributed by atoms with van der Waals surface area (Å²) in [5.74, 6) is -0.356. The van der Waals surface area contributed by atoms with Crippen LogP contribution in [0.15, 0.2) is 29.3 Å². The van der Waals surface area contributed by atoms with Gasteiger partial charge in [0.1, 0.15) is 6.61 Å². The number of amides is 3. The van der Waals surface area contributed by atoms with Gasteiger partial charge in [-0.3, -0.25) is 19.7 Å². The number of piperazine rings is 1. The molecular formula is C30H49N9O8. The van der Waals surface area contributed by atoms with Gasteiger partial charge in [0.2, 0.25) is 11.8 Å². The van der Waals surface area contributed by atoms with Crippen LogP contribution in [0.1, 0.15) is 82.6 Å². The van der Waals surface area contributed by atoms with Crippen molar-refractivity contribution in [2.75, 3.05) is 39.3 Å². The minimum absolute atomic E-state index is 0.00834. The molecule has 17 nitrogen and oxygen atoms in total. The normalized spacial score (nSPS) is 13.9. The van der Waals surface area contributed by atoms with E-state index in [4.69, 9.17) is 16.2 Å². The van der Waals surface area contributed by atoms with E-state index in [1.165, 1.54) is 12.1 Å². The number of ether oxygens (including phenoxy) is 1. The molecule has 1 saturated heterocycles. The fourth-order valence-electron chi connectivity index (χ4n) is 5.07. The fourth-order valence-corrected chi connectivity index (χ4v) is 5.07. The highest BCUT2D eigenvalue weighted by atomic mass is 16.7. The maximum atomic E-state index is 12.6. The van der Waals surface area contributed by atoms with Gasteiger partial charge in [0.05, 0.1) is 11.0 Å². The highest BCUT2D eigenvalue weighted by Gasteiger charge is 2.26. The number of aliphatic imine (C=N–C) groups is 1. The Morgan fingerprint density at radius 2 is 1.45 bits per heavy atom. The fraction of sp³-hybridized carbons (Fsp3) is 0.667. The van der Waals surface area contributed by atoms with Crippen molar-refractivity contribution >= 4 is 29.6 Å². The molecule has 1 aliphatic heterocycles. The van der Waals surface area contributed by atoms with Crippen LogP contribution in [0, 0.1) is 20.2 Å². The Labute approximate surface area is 274 Å². The molecule has 2 rings (SSSR count). The summed E-state index contributed by atoms with van der Waals surface area (Å²) in [5.41, 5.74) is 13.8. The van der Waals surface area contributed by atoms with Crippen molar-refractivity contribution in [3.63, 3.8) is 0 Å². The van der Waals surface area contributed by atoms with Gasteiger partial charge < -0.3 is 31.3 Å². The first-order chi connectivity index (χ1) is 22.6. The van der Waals surface area contributed by atoms with Crippen LogP contribution in [-0.4, -0.2) is 88.9 Å². The average Bonchev–Trinajstić information content (AvgIpc) is 3.05. The number of nitrogens with one attached hydrogen (secondary N) is 2. The zero-order valence-corrected chi connectivity index (χ0v) is 27.0. The molecule has 1 fully saturated rings. The maximum absolute atomic E-state index is 12.6. The third-order valence-electron chi connectivity index (χ3n) is 7.78. The zero-order valence-electron chi connectivity index (χ0n) is 27.0. The number of non-ortho nitro benzene ring substituents is 1. The highest BCUT2D eigenvalue weighted by Crippen LogP contribution is 2.14. The van der Waals surface area contributed by atoms with Gasteiger partial charge in [-0.25, -0.2) is 19.9 Å². The van der Waals surface area contributed by atoms with E-state index in [9.17, 15) is 34.6 Å². The van der Waals surface area contributed by atoms with Crippen molar-refractivity contribution in [2.45, 2.75) is 89.7 Å². The van der Waals surface area contributed by atoms with Gasteiger partial charge in [-0.2, -0.15) is 0 Å². The molecule has 0 unspecified atom stereocenters. The van der Waals surface area contributed by atoms with Crippen molar-refractivity contribution in [3.8, 4) is 0 Å². The van der Waals surface area contributed by atoms with Gasteiger partial charge in [0.25, 0.3) is 11.6 Å². The molecule has 0 aliphatic carbocycles. The number of alkyl carbamates (subject to hydrolysis) is 1. The van der Waals surface area contributed by atoms with E-state index in [2.05, 4.69) is 10.3 Å². The van der Waals surface area contributed by atoms with Crippen LogP contribution in [0.25, 0.3) is 0 Å². The monoisotopic (exact) mass is 663 g/mol. The Bertz CT molecular complexity index is 1170. The molecule has 0 bridgehead atoms. The number of carbonyl (C=O) groups is 3. The van der Waals surface area contributed by atoms with Crippen molar-refractivity contribution in [1.29, 1.82) is 0 Å². The summed E-state index contributed by atoms with van der Waals surface area (Å²) in [4.78, 5) is 64.9. The third-order valence-corrected chi connectivity index (χ3v) is 7.78. The quantitative estimate of drug-likeness (QED) is 0.0490. The molecule has 1 heterocycles. The molecule has 1 aromatic rings. The molecule has 262 valence electrons. The second-order valence-electron chi connectivity index (χ2n) is 11.4. The van der Waals surface area contributed by atoms with Crippen molar-refractivity contribution in [2.24, 2.45) is 16.5 Å². The average molecular weight is 664 g/mol. The first-order valence-electron chi connectivity index (χ1n) is 16.2. The topological polar surface area (TPSA) is 242 Å². The highest BCUT2D eigenvalue weighted by molar-refractivity contribution is 5.82. The van der Waals surface area contributed by atoms with Crippen LogP contribution < -0.4 is 22.2 Å². The Balaban J connectivity index is 1.41. The number of rotatable bonds is 21. The molecule has 47 heavy (non-hydrogen) atoms. The van der Waals surface area contributed by atoms with Crippen LogP contribution >= 0.6 is 0 Å². The molecule has 17 heteroatoms. The first kappa shape index (κ1) is 38.6. The summed E-state index contributed by atoms with van der Waals surface area (Å²) in [6.07, 6.45) is 10.1. The van der Waals surface area contributed by atoms with Gasteiger partial charge in [0.15, 0.2) is 5.03 Å². The van der Waals surface area contributed by atoms with Crippen LogP contribution in [0.5, 0.6) is 0 Å². The molecular weight excluding hydrogens is 614 g/mol. The Morgan fingerprint density at radius 1 is 0.872 bits per heavy atom. The second-order valence-corrected chi connectivity index (χ2v) is 11.4. The van der Waals surface area contributed by atoms with E-state index in [1.54, 1.807) is 22.5 Å². The smallest absolute Gasteiger partial charge is 0.407 e. The van der Waals surface area contributed by atoms with E-state index in [0.717, 1.165) is 57.8 Å². The van der Waals surface area contributed by atoms with Crippen molar-refractivity contribution < 1.29 is 29.1 Å². The van der Waals surface area contributed by atoms with Crippen LogP contribution in [-0.2, 0) is 20.9 Å². The van der Waals surface area contributed by atoms with Crippen LogP contribution in [0.2, 0.25) is 0 Å². The maximum Gasteiger partial charge on any atom is 0.407 e. The molecule has 0 saturated carbocycles. The first-order valence-corrected chi connectivity index (χ1v) is 16.2. The van der Waals surface area contributed by atoms with Crippen molar-refractivity contribution in [1.82, 2.24) is 20.5 Å². The number of hydrazine groups is 1. The zero-order chi connectivity index (χ0) is 34.4. The standard InChI is InChI=1S/C30H49N9O8/c31-26(11-10-18-33-29(32)35-39(45)46)28(41)37-21-19-36(20-22-37)27(40)12-8-6-4-2-1-3-5-7-9-17-34-30(42)47-23-24-13-15-25(16-14-24)38(43)44/h13-16,26H,1-12,17-23,31H2,(H,34,42)(H3,32,33,35)/t26-/m0/s1. The lowest BCUT2D eigenvalue weighted by Gasteiger charge is -2.36. The molecule has 1 atom stereocenters. The molecule has 1 aromatic carbocycles. The lowest BCUT2D eigenvalue weighted by atomic mass is 10.1. The number of nitro benzene ring substituents is 1. The minimum atomic E-state index is -0.797. The summed E-state index contributed by atoms with van der Waals surface area (Å²) < 4.78 is 5.13. The number of unbranched alkanes of at least 4 members (excludes halogenated alkanes) is 8. The van der Waals surface area contributed by atoms with Gasteiger partial charge in [0, 0.05) is 57.8 Å². The third kappa shape index (κ3) is 16.5. The summed E-state index contributed by atoms with van der Waals surface area (Å²) in [7, 11) is 0. The molecule has 1 aliphatic rings. The van der Waals surface area contributed by atoms with E-state index in [0.29, 0.717) is 57.5 Å². The number of benzene rings is 1. The number of carbonyl (C=O) groups excluding carboxylic acids is 3. The van der Waals surface area contributed by atoms with Gasteiger partial charge in [-0.05, 0) is 43.4 Å². The number of nitro groups is 2. The lowest BCUT2D eigenvalue weighted by molar-refractivity contribution is -0.525. The Kier molecular flexibility index (Phi) is 18.1.